The number of nitrogen functional groups attached to an aromatic ring is 1. The maximum absolute atomic E-state index is 6.40. The van der Waals surface area contributed by atoms with Crippen LogP contribution < -0.4 is 5.73 Å². The van der Waals surface area contributed by atoms with E-state index in [0.29, 0.717) is 0 Å². The molecule has 2 aromatic rings. The fourth-order valence-corrected chi connectivity index (χ4v) is 2.77. The van der Waals surface area contributed by atoms with Crippen LogP contribution in [0.5, 0.6) is 0 Å². The lowest BCUT2D eigenvalue weighted by Gasteiger charge is -2.19. The van der Waals surface area contributed by atoms with Crippen LogP contribution in [0.2, 0.25) is 0 Å². The molecule has 0 aliphatic carbocycles. The summed E-state index contributed by atoms with van der Waals surface area (Å²) >= 11 is 0. The fourth-order valence-electron chi connectivity index (χ4n) is 2.77. The van der Waals surface area contributed by atoms with Crippen LogP contribution in [0.3, 0.4) is 0 Å². The van der Waals surface area contributed by atoms with E-state index in [1.54, 1.807) is 0 Å². The molecular formula is C18H27N3. The van der Waals surface area contributed by atoms with Crippen molar-refractivity contribution in [3.8, 4) is 11.3 Å². The third-order valence-electron chi connectivity index (χ3n) is 4.09. The third-order valence-corrected chi connectivity index (χ3v) is 4.09. The Kier molecular flexibility index (Phi) is 3.87. The van der Waals surface area contributed by atoms with Crippen molar-refractivity contribution in [2.75, 3.05) is 5.73 Å². The number of nitrogens with two attached hydrogens (primary N) is 1. The average Bonchev–Trinajstić information content (AvgIpc) is 2.70. The molecule has 1 aromatic carbocycles. The second-order valence-corrected chi connectivity index (χ2v) is 6.91. The molecule has 0 aliphatic rings. The predicted octanol–water partition coefficient (Wildman–Crippen LogP) is 4.37. The Labute approximate surface area is 128 Å². The zero-order valence-electron chi connectivity index (χ0n) is 14.3. The number of imidazole rings is 1. The zero-order valence-corrected chi connectivity index (χ0v) is 14.3. The lowest BCUT2D eigenvalue weighted by Crippen LogP contribution is -2.19. The maximum Gasteiger partial charge on any atom is 0.131 e. The molecule has 0 aliphatic heterocycles. The van der Waals surface area contributed by atoms with Gasteiger partial charge in [0.2, 0.25) is 0 Å². The van der Waals surface area contributed by atoms with Gasteiger partial charge in [-0.15, -0.1) is 0 Å². The Balaban J connectivity index is 2.71. The number of benzene rings is 1. The van der Waals surface area contributed by atoms with Crippen LogP contribution in [0.4, 0.5) is 5.82 Å². The molecule has 0 unspecified atom stereocenters. The smallest absolute Gasteiger partial charge is 0.131 e. The molecular weight excluding hydrogens is 258 g/mol. The number of anilines is 1. The Morgan fingerprint density at radius 3 is 2.10 bits per heavy atom. The number of aromatic nitrogens is 2. The van der Waals surface area contributed by atoms with Crippen molar-refractivity contribution in [2.45, 2.75) is 60.4 Å². The molecule has 114 valence electrons. The van der Waals surface area contributed by atoms with Gasteiger partial charge in [-0.25, -0.2) is 4.98 Å². The van der Waals surface area contributed by atoms with Crippen LogP contribution in [0.15, 0.2) is 12.1 Å². The normalized spacial score (nSPS) is 12.0. The van der Waals surface area contributed by atoms with Crippen LogP contribution in [-0.4, -0.2) is 9.55 Å². The Morgan fingerprint density at radius 2 is 1.62 bits per heavy atom. The predicted molar refractivity (Wildman–Crippen MR) is 90.7 cm³/mol. The molecule has 0 spiro atoms. The second kappa shape index (κ2) is 5.21. The lowest BCUT2D eigenvalue weighted by atomic mass is 9.95. The van der Waals surface area contributed by atoms with E-state index in [0.717, 1.165) is 29.4 Å². The first-order valence-electron chi connectivity index (χ1n) is 7.61. The summed E-state index contributed by atoms with van der Waals surface area (Å²) in [6, 6.07) is 4.42. The van der Waals surface area contributed by atoms with Gasteiger partial charge in [-0.1, -0.05) is 26.8 Å². The van der Waals surface area contributed by atoms with Crippen molar-refractivity contribution in [3.63, 3.8) is 0 Å². The van der Waals surface area contributed by atoms with Crippen LogP contribution in [-0.2, 0) is 12.0 Å². The van der Waals surface area contributed by atoms with Gasteiger partial charge in [0.05, 0.1) is 0 Å². The van der Waals surface area contributed by atoms with E-state index in [1.165, 1.54) is 16.7 Å². The zero-order chi connectivity index (χ0) is 15.9. The molecule has 2 N–H and O–H groups in total. The van der Waals surface area contributed by atoms with E-state index >= 15 is 0 Å². The molecule has 0 fully saturated rings. The number of aryl methyl sites for hydroxylation is 3. The van der Waals surface area contributed by atoms with Gasteiger partial charge < -0.3 is 10.3 Å². The minimum absolute atomic E-state index is 0.0178. The molecule has 0 radical (unpaired) electrons. The van der Waals surface area contributed by atoms with E-state index in [1.807, 2.05) is 0 Å². The van der Waals surface area contributed by atoms with Gasteiger partial charge in [0.25, 0.3) is 0 Å². The molecule has 0 bridgehead atoms. The van der Waals surface area contributed by atoms with E-state index < -0.39 is 0 Å². The standard InChI is InChI=1S/C18H27N3/c1-8-21-16(19)15(20-17(21)18(5,6)7)14-10-12(3)11(2)9-13(14)4/h9-10H,8,19H2,1-7H3. The van der Waals surface area contributed by atoms with Crippen molar-refractivity contribution in [2.24, 2.45) is 0 Å². The van der Waals surface area contributed by atoms with Crippen LogP contribution >= 0.6 is 0 Å². The Hall–Kier alpha value is -1.77. The summed E-state index contributed by atoms with van der Waals surface area (Å²) in [5, 5.41) is 0. The van der Waals surface area contributed by atoms with Crippen molar-refractivity contribution in [1.29, 1.82) is 0 Å². The summed E-state index contributed by atoms with van der Waals surface area (Å²) in [4.78, 5) is 4.89. The molecule has 21 heavy (non-hydrogen) atoms. The average molecular weight is 285 g/mol. The summed E-state index contributed by atoms with van der Waals surface area (Å²) in [6.45, 7) is 15.9. The van der Waals surface area contributed by atoms with Crippen LogP contribution in [0.25, 0.3) is 11.3 Å². The lowest BCUT2D eigenvalue weighted by molar-refractivity contribution is 0.508. The van der Waals surface area contributed by atoms with Crippen molar-refractivity contribution < 1.29 is 0 Å². The van der Waals surface area contributed by atoms with Gasteiger partial charge in [0.1, 0.15) is 17.3 Å². The SMILES string of the molecule is CCn1c(C(C)(C)C)nc(-c2cc(C)c(C)cc2C)c1N. The molecule has 1 heterocycles. The minimum Gasteiger partial charge on any atom is -0.383 e. The Bertz CT molecular complexity index is 673. The summed E-state index contributed by atoms with van der Waals surface area (Å²) in [7, 11) is 0. The number of hydrogen-bond donors (Lipinski definition) is 1. The molecule has 3 heteroatoms. The minimum atomic E-state index is -0.0178. The number of rotatable bonds is 2. The molecule has 0 amide bonds. The van der Waals surface area contributed by atoms with Crippen LogP contribution in [0.1, 0.15) is 50.2 Å². The van der Waals surface area contributed by atoms with Crippen molar-refractivity contribution >= 4 is 5.82 Å². The van der Waals surface area contributed by atoms with Gasteiger partial charge in [-0.3, -0.25) is 0 Å². The molecule has 0 saturated carbocycles. The second-order valence-electron chi connectivity index (χ2n) is 6.91. The molecule has 2 rings (SSSR count). The molecule has 1 aromatic heterocycles. The van der Waals surface area contributed by atoms with Gasteiger partial charge in [0, 0.05) is 17.5 Å². The first-order valence-corrected chi connectivity index (χ1v) is 7.61. The summed E-state index contributed by atoms with van der Waals surface area (Å²) in [6.07, 6.45) is 0. The largest absolute Gasteiger partial charge is 0.383 e. The highest BCUT2D eigenvalue weighted by Gasteiger charge is 2.25. The number of nitrogens with zero attached hydrogens (tertiary/aromatic N) is 2. The van der Waals surface area contributed by atoms with Gasteiger partial charge in [-0.05, 0) is 50.5 Å². The quantitative estimate of drug-likeness (QED) is 0.890. The summed E-state index contributed by atoms with van der Waals surface area (Å²) in [5.41, 5.74) is 12.3. The van der Waals surface area contributed by atoms with Crippen molar-refractivity contribution in [3.05, 3.63) is 34.6 Å². The third kappa shape index (κ3) is 2.69. The van der Waals surface area contributed by atoms with Crippen LogP contribution in [0, 0.1) is 20.8 Å². The van der Waals surface area contributed by atoms with E-state index in [2.05, 4.69) is 65.2 Å². The molecule has 3 nitrogen and oxygen atoms in total. The molecule has 0 atom stereocenters. The van der Waals surface area contributed by atoms with Gasteiger partial charge in [-0.2, -0.15) is 0 Å². The topological polar surface area (TPSA) is 43.8 Å². The van der Waals surface area contributed by atoms with Gasteiger partial charge >= 0.3 is 0 Å². The highest BCUT2D eigenvalue weighted by atomic mass is 15.1. The highest BCUT2D eigenvalue weighted by Crippen LogP contribution is 2.34. The van der Waals surface area contributed by atoms with E-state index in [-0.39, 0.29) is 5.41 Å². The Morgan fingerprint density at radius 1 is 1.05 bits per heavy atom. The van der Waals surface area contributed by atoms with E-state index in [9.17, 15) is 0 Å². The summed E-state index contributed by atoms with van der Waals surface area (Å²) in [5.74, 6) is 1.82. The van der Waals surface area contributed by atoms with Crippen molar-refractivity contribution in [1.82, 2.24) is 9.55 Å². The summed E-state index contributed by atoms with van der Waals surface area (Å²) < 4.78 is 2.13. The maximum atomic E-state index is 6.40. The number of hydrogen-bond acceptors (Lipinski definition) is 2. The first-order chi connectivity index (χ1) is 9.66. The van der Waals surface area contributed by atoms with E-state index in [4.69, 9.17) is 10.7 Å². The highest BCUT2D eigenvalue weighted by molar-refractivity contribution is 5.75. The first kappa shape index (κ1) is 15.6. The molecule has 0 saturated heterocycles. The van der Waals surface area contributed by atoms with Gasteiger partial charge in [0.15, 0.2) is 0 Å². The monoisotopic (exact) mass is 285 g/mol. The fraction of sp³-hybridized carbons (Fsp3) is 0.500.